The number of nitrogens with zero attached hydrogens (tertiary/aromatic N) is 1. The number of aliphatic carboxylic acids is 1. The molecule has 1 aromatic carbocycles. The molecule has 1 saturated heterocycles. The molecule has 0 aromatic heterocycles. The van der Waals surface area contributed by atoms with Gasteiger partial charge in [-0.2, -0.15) is 0 Å². The summed E-state index contributed by atoms with van der Waals surface area (Å²) in [5.74, 6) is -5.81. The Bertz CT molecular complexity index is 814. The number of carboxylic acids is 1. The Balaban J connectivity index is 0.00000512. The van der Waals surface area contributed by atoms with E-state index in [9.17, 15) is 40.1 Å². The van der Waals surface area contributed by atoms with Crippen LogP contribution in [-0.2, 0) is 14.3 Å². The van der Waals surface area contributed by atoms with Crippen molar-refractivity contribution < 1.29 is 80.4 Å². The van der Waals surface area contributed by atoms with Gasteiger partial charge in [-0.15, -0.1) is 0 Å². The summed E-state index contributed by atoms with van der Waals surface area (Å²) in [6, 6.07) is 2.72. The first-order valence-corrected chi connectivity index (χ1v) is 8.61. The van der Waals surface area contributed by atoms with E-state index in [2.05, 4.69) is 5.32 Å². The van der Waals surface area contributed by atoms with Gasteiger partial charge in [0.25, 0.3) is 11.5 Å². The molecule has 0 aliphatic carbocycles. The Morgan fingerprint density at radius 2 is 2.03 bits per heavy atom. The van der Waals surface area contributed by atoms with Crippen molar-refractivity contribution in [2.45, 2.75) is 49.6 Å². The van der Waals surface area contributed by atoms with Crippen molar-refractivity contribution in [1.82, 2.24) is 5.32 Å². The number of hydrogen-bond acceptors (Lipinski definition) is 11. The molecular weight excluding hydrogens is 431 g/mol. The predicted octanol–water partition coefficient (Wildman–Crippen LogP) is -6.21. The number of carbonyl (C=O) groups is 2. The monoisotopic (exact) mass is 453 g/mol. The summed E-state index contributed by atoms with van der Waals surface area (Å²) in [6.07, 6.45) is -8.17. The number of carbonyl (C=O) groups excluding carboxylic acids is 2. The molecule has 6 atom stereocenters. The van der Waals surface area contributed by atoms with Gasteiger partial charge in [0.1, 0.15) is 30.0 Å². The van der Waals surface area contributed by atoms with Crippen LogP contribution in [0.4, 0.5) is 5.69 Å². The number of hydrogen-bond donors (Lipinski definition) is 5. The number of rotatable bonds is 8. The molecule has 5 N–H and O–H groups in total. The fourth-order valence-electron chi connectivity index (χ4n) is 3.00. The third-order valence-corrected chi connectivity index (χ3v) is 4.46. The number of amides is 1. The van der Waals surface area contributed by atoms with Gasteiger partial charge in [0, 0.05) is 26.8 Å². The number of aliphatic hydroxyl groups excluding tert-OH is 4. The summed E-state index contributed by atoms with van der Waals surface area (Å²) in [4.78, 5) is 33.6. The van der Waals surface area contributed by atoms with Gasteiger partial charge >= 0.3 is 29.6 Å². The van der Waals surface area contributed by atoms with E-state index < -0.39 is 73.0 Å². The van der Waals surface area contributed by atoms with Gasteiger partial charge in [-0.1, -0.05) is 0 Å². The average Bonchev–Trinajstić information content (AvgIpc) is 2.74. The summed E-state index contributed by atoms with van der Waals surface area (Å²) >= 11 is 0. The van der Waals surface area contributed by atoms with E-state index in [1.165, 1.54) is 0 Å². The minimum absolute atomic E-state index is 0. The van der Waals surface area contributed by atoms with Crippen LogP contribution < -0.4 is 44.7 Å². The maximum absolute atomic E-state index is 11.9. The van der Waals surface area contributed by atoms with Crippen LogP contribution in [0.5, 0.6) is 5.75 Å². The van der Waals surface area contributed by atoms with E-state index in [-0.39, 0.29) is 41.0 Å². The molecular formula is C17H21N2NaO11. The zero-order valence-electron chi connectivity index (χ0n) is 17.4. The van der Waals surface area contributed by atoms with Crippen molar-refractivity contribution in [3.8, 4) is 5.75 Å². The number of nitro benzene ring substituents is 1. The Kier molecular flexibility index (Phi) is 9.14. The van der Waals surface area contributed by atoms with Crippen LogP contribution in [-0.4, -0.2) is 80.1 Å². The van der Waals surface area contributed by atoms with Gasteiger partial charge in [0.2, 0.25) is 5.91 Å². The molecule has 1 amide bonds. The fraction of sp³-hybridized carbons (Fsp3) is 0.529. The SMILES string of the molecule is [2H]CC(=O)N[C@H]1[C@H]([C@H](O)[C@H](O)CO)OC(Oc2ccc([N+](=O)[O-])cc2)(C(=O)[O-])C[C@@H]1O.[Na+]. The molecule has 166 valence electrons. The van der Waals surface area contributed by atoms with Crippen molar-refractivity contribution in [3.63, 3.8) is 0 Å². The van der Waals surface area contributed by atoms with Crippen molar-refractivity contribution in [3.05, 3.63) is 34.4 Å². The fourth-order valence-corrected chi connectivity index (χ4v) is 3.00. The molecule has 0 spiro atoms. The van der Waals surface area contributed by atoms with E-state index in [1.807, 2.05) is 0 Å². The van der Waals surface area contributed by atoms with Crippen molar-refractivity contribution in [1.29, 1.82) is 0 Å². The number of non-ortho nitro benzene ring substituents is 1. The van der Waals surface area contributed by atoms with Crippen molar-refractivity contribution >= 4 is 17.6 Å². The van der Waals surface area contributed by atoms with Crippen LogP contribution in [0.25, 0.3) is 0 Å². The van der Waals surface area contributed by atoms with Gasteiger partial charge in [0.15, 0.2) is 0 Å². The van der Waals surface area contributed by atoms with Crippen molar-refractivity contribution in [2.75, 3.05) is 6.61 Å². The van der Waals surface area contributed by atoms with Crippen LogP contribution in [0.15, 0.2) is 24.3 Å². The van der Waals surface area contributed by atoms with E-state index in [4.69, 9.17) is 16.0 Å². The standard InChI is InChI=1S/C17H22N2O11.Na/c1-8(21)18-13-11(22)6-17(16(25)26,30-15(13)14(24)12(23)7-20)29-10-4-2-9(3-5-10)19(27)28;/h2-5,11-15,20,22-24H,6-7H2,1H3,(H,18,21)(H,25,26);/q;+1/p-1/t11-,12+,13+,14+,15+,17?;/m0./s1/i1D;. The first-order chi connectivity index (χ1) is 14.5. The molecule has 1 fully saturated rings. The second-order valence-corrected chi connectivity index (χ2v) is 6.58. The largest absolute Gasteiger partial charge is 1.00 e. The molecule has 1 heterocycles. The maximum Gasteiger partial charge on any atom is 1.00 e. The van der Waals surface area contributed by atoms with Crippen LogP contribution in [0.3, 0.4) is 0 Å². The second-order valence-electron chi connectivity index (χ2n) is 6.58. The van der Waals surface area contributed by atoms with Crippen LogP contribution in [0.1, 0.15) is 14.7 Å². The first kappa shape index (κ1) is 25.4. The number of carboxylic acid groups (broad SMARTS) is 1. The van der Waals surface area contributed by atoms with Crippen LogP contribution >= 0.6 is 0 Å². The molecule has 13 nitrogen and oxygen atoms in total. The Morgan fingerprint density at radius 3 is 2.52 bits per heavy atom. The number of aliphatic hydroxyl groups is 4. The molecule has 1 aliphatic heterocycles. The van der Waals surface area contributed by atoms with Crippen molar-refractivity contribution in [2.24, 2.45) is 0 Å². The van der Waals surface area contributed by atoms with Gasteiger partial charge in [0.05, 0.1) is 23.7 Å². The molecule has 1 aliphatic rings. The molecule has 31 heavy (non-hydrogen) atoms. The normalized spacial score (nSPS) is 27.7. The molecule has 2 rings (SSSR count). The summed E-state index contributed by atoms with van der Waals surface area (Å²) in [5.41, 5.74) is -0.308. The minimum Gasteiger partial charge on any atom is -0.543 e. The molecule has 0 bridgehead atoms. The zero-order valence-corrected chi connectivity index (χ0v) is 18.4. The third kappa shape index (κ3) is 6.33. The summed E-state index contributed by atoms with van der Waals surface area (Å²) in [5, 5.41) is 64.5. The van der Waals surface area contributed by atoms with Crippen LogP contribution in [0, 0.1) is 10.1 Å². The zero-order chi connectivity index (χ0) is 23.3. The van der Waals surface area contributed by atoms with E-state index in [1.54, 1.807) is 0 Å². The Labute approximate surface area is 199 Å². The maximum atomic E-state index is 11.9. The van der Waals surface area contributed by atoms with Gasteiger partial charge < -0.3 is 45.1 Å². The van der Waals surface area contributed by atoms with Gasteiger partial charge in [-0.3, -0.25) is 14.9 Å². The van der Waals surface area contributed by atoms with E-state index in [0.29, 0.717) is 0 Å². The van der Waals surface area contributed by atoms with E-state index in [0.717, 1.165) is 24.3 Å². The topological polar surface area (TPSA) is 212 Å². The number of benzene rings is 1. The number of nitro groups is 1. The average molecular weight is 453 g/mol. The summed E-state index contributed by atoms with van der Waals surface area (Å²) < 4.78 is 17.7. The first-order valence-electron chi connectivity index (χ1n) is 9.31. The molecule has 0 saturated carbocycles. The molecule has 1 aromatic rings. The predicted molar refractivity (Wildman–Crippen MR) is 93.7 cm³/mol. The van der Waals surface area contributed by atoms with Gasteiger partial charge in [-0.25, -0.2) is 0 Å². The Morgan fingerprint density at radius 1 is 1.42 bits per heavy atom. The molecule has 1 unspecified atom stereocenters. The minimum atomic E-state index is -2.72. The summed E-state index contributed by atoms with van der Waals surface area (Å²) in [7, 11) is 0. The van der Waals surface area contributed by atoms with Gasteiger partial charge in [-0.05, 0) is 12.1 Å². The molecule has 0 radical (unpaired) electrons. The quantitative estimate of drug-likeness (QED) is 0.142. The van der Waals surface area contributed by atoms with E-state index >= 15 is 0 Å². The van der Waals surface area contributed by atoms with Crippen LogP contribution in [0.2, 0.25) is 0 Å². The molecule has 14 heteroatoms. The number of nitrogens with one attached hydrogen (secondary N) is 1. The third-order valence-electron chi connectivity index (χ3n) is 4.46. The number of ether oxygens (including phenoxy) is 2. The summed E-state index contributed by atoms with van der Waals surface area (Å²) in [6.45, 7) is -1.71. The Hall–Kier alpha value is -1.84. The smallest absolute Gasteiger partial charge is 0.543 e. The second kappa shape index (κ2) is 11.2.